The number of rotatable bonds is 26. The Morgan fingerprint density at radius 3 is 1.66 bits per heavy atom. The van der Waals surface area contributed by atoms with E-state index < -0.39 is 17.1 Å². The van der Waals surface area contributed by atoms with Crippen LogP contribution < -0.4 is 0 Å². The molecule has 2 N–H and O–H groups in total. The SMILES string of the molecule is CCCCCCC(=S)OCCC[Si](C)(OCC(C)CO)OCC(C)CO[Si@@](C)(CCCS)OCC(C)CO. The van der Waals surface area contributed by atoms with Crippen molar-refractivity contribution >= 4 is 47.0 Å². The lowest BCUT2D eigenvalue weighted by Gasteiger charge is -2.32. The Morgan fingerprint density at radius 1 is 0.737 bits per heavy atom. The Hall–Kier alpha value is 0.434. The van der Waals surface area contributed by atoms with Crippen molar-refractivity contribution in [2.75, 3.05) is 52.0 Å². The zero-order valence-electron chi connectivity index (χ0n) is 25.0. The number of unbranched alkanes of at least 4 members (excludes halogenated alkanes) is 3. The van der Waals surface area contributed by atoms with Gasteiger partial charge in [0.05, 0.1) is 6.61 Å². The van der Waals surface area contributed by atoms with Crippen molar-refractivity contribution in [3.05, 3.63) is 0 Å². The monoisotopic (exact) mass is 614 g/mol. The van der Waals surface area contributed by atoms with E-state index in [1.807, 2.05) is 13.8 Å². The second-order valence-electron chi connectivity index (χ2n) is 11.2. The molecule has 0 fully saturated rings. The molecule has 0 aliphatic carbocycles. The summed E-state index contributed by atoms with van der Waals surface area (Å²) in [4.78, 5) is 0. The summed E-state index contributed by atoms with van der Waals surface area (Å²) in [5.74, 6) is 1.13. The summed E-state index contributed by atoms with van der Waals surface area (Å²) in [5.41, 5.74) is 0. The van der Waals surface area contributed by atoms with Crippen LogP contribution >= 0.6 is 24.8 Å². The highest BCUT2D eigenvalue weighted by Crippen LogP contribution is 2.22. The minimum atomic E-state index is -2.48. The van der Waals surface area contributed by atoms with E-state index in [0.29, 0.717) is 38.1 Å². The highest BCUT2D eigenvalue weighted by molar-refractivity contribution is 7.80. The largest absolute Gasteiger partial charge is 0.487 e. The molecule has 0 saturated carbocycles. The number of hydrogen-bond acceptors (Lipinski definition) is 9. The zero-order chi connectivity index (χ0) is 28.9. The molecular formula is C27H58O7S2Si2. The van der Waals surface area contributed by atoms with E-state index in [9.17, 15) is 10.2 Å². The van der Waals surface area contributed by atoms with Gasteiger partial charge in [-0.15, -0.1) is 0 Å². The molecule has 0 aromatic carbocycles. The molecule has 38 heavy (non-hydrogen) atoms. The average Bonchev–Trinajstić information content (AvgIpc) is 2.92. The molecule has 4 unspecified atom stereocenters. The molecule has 228 valence electrons. The molecule has 0 saturated heterocycles. The second kappa shape index (κ2) is 23.0. The lowest BCUT2D eigenvalue weighted by atomic mass is 10.2. The number of thiocarbonyl (C=S) groups is 1. The third kappa shape index (κ3) is 20.3. The molecule has 0 rings (SSSR count). The quantitative estimate of drug-likeness (QED) is 0.0466. The van der Waals surface area contributed by atoms with Crippen LogP contribution in [-0.4, -0.2) is 84.4 Å². The first-order chi connectivity index (χ1) is 18.0. The van der Waals surface area contributed by atoms with Crippen LogP contribution in [0.5, 0.6) is 0 Å². The van der Waals surface area contributed by atoms with Crippen LogP contribution in [0.3, 0.4) is 0 Å². The molecule has 0 spiro atoms. The van der Waals surface area contributed by atoms with Gasteiger partial charge in [-0.25, -0.2) is 0 Å². The second-order valence-corrected chi connectivity index (χ2v) is 18.7. The topological polar surface area (TPSA) is 86.6 Å². The van der Waals surface area contributed by atoms with Gasteiger partial charge in [-0.3, -0.25) is 0 Å². The van der Waals surface area contributed by atoms with Crippen molar-refractivity contribution in [2.24, 2.45) is 17.8 Å². The normalized spacial score (nSPS) is 17.4. The maximum atomic E-state index is 9.45. The van der Waals surface area contributed by atoms with Gasteiger partial charge in [0.1, 0.15) is 0 Å². The number of aliphatic hydroxyl groups excluding tert-OH is 2. The summed E-state index contributed by atoms with van der Waals surface area (Å²) in [6.07, 6.45) is 7.35. The molecule has 11 heteroatoms. The number of thiol groups is 1. The predicted octanol–water partition coefficient (Wildman–Crippen LogP) is 6.11. The number of ether oxygens (including phenoxy) is 1. The Kier molecular flexibility index (Phi) is 23.3. The highest BCUT2D eigenvalue weighted by atomic mass is 32.1. The van der Waals surface area contributed by atoms with Crippen LogP contribution in [0.4, 0.5) is 0 Å². The Labute approximate surface area is 246 Å². The first kappa shape index (κ1) is 38.4. The van der Waals surface area contributed by atoms with Crippen LogP contribution in [0.2, 0.25) is 25.2 Å². The van der Waals surface area contributed by atoms with E-state index in [2.05, 4.69) is 39.6 Å². The van der Waals surface area contributed by atoms with E-state index in [-0.39, 0.29) is 31.0 Å². The summed E-state index contributed by atoms with van der Waals surface area (Å²) in [7, 11) is -4.84. The maximum absolute atomic E-state index is 9.45. The van der Waals surface area contributed by atoms with Gasteiger partial charge in [-0.2, -0.15) is 12.6 Å². The van der Waals surface area contributed by atoms with Gasteiger partial charge in [-0.1, -0.05) is 47.0 Å². The fourth-order valence-electron chi connectivity index (χ4n) is 3.55. The van der Waals surface area contributed by atoms with Crippen LogP contribution in [-0.2, 0) is 22.4 Å². The van der Waals surface area contributed by atoms with Gasteiger partial charge in [0.2, 0.25) is 0 Å². The summed E-state index contributed by atoms with van der Waals surface area (Å²) in [5, 5.41) is 19.5. The highest BCUT2D eigenvalue weighted by Gasteiger charge is 2.34. The summed E-state index contributed by atoms with van der Waals surface area (Å²) in [6.45, 7) is 15.3. The van der Waals surface area contributed by atoms with Crippen molar-refractivity contribution in [1.82, 2.24) is 0 Å². The minimum absolute atomic E-state index is 0.0649. The summed E-state index contributed by atoms with van der Waals surface area (Å²) in [6, 6.07) is 1.67. The van der Waals surface area contributed by atoms with E-state index in [1.54, 1.807) is 0 Å². The Balaban J connectivity index is 4.77. The molecule has 0 aromatic rings. The molecular weight excluding hydrogens is 557 g/mol. The van der Waals surface area contributed by atoms with E-state index in [0.717, 1.165) is 43.5 Å². The average molecular weight is 615 g/mol. The van der Waals surface area contributed by atoms with Gasteiger partial charge >= 0.3 is 17.1 Å². The van der Waals surface area contributed by atoms with E-state index in [1.165, 1.54) is 19.3 Å². The molecule has 7 nitrogen and oxygen atoms in total. The van der Waals surface area contributed by atoms with Crippen molar-refractivity contribution in [1.29, 1.82) is 0 Å². The number of aliphatic hydroxyl groups is 2. The first-order valence-corrected chi connectivity index (χ1v) is 20.7. The lowest BCUT2D eigenvalue weighted by Crippen LogP contribution is -2.44. The van der Waals surface area contributed by atoms with E-state index >= 15 is 0 Å². The predicted molar refractivity (Wildman–Crippen MR) is 169 cm³/mol. The van der Waals surface area contributed by atoms with Gasteiger partial charge in [0.25, 0.3) is 0 Å². The molecule has 0 heterocycles. The third-order valence-corrected chi connectivity index (χ3v) is 12.6. The first-order valence-electron chi connectivity index (χ1n) is 14.6. The van der Waals surface area contributed by atoms with Gasteiger partial charge in [-0.05, 0) is 62.4 Å². The minimum Gasteiger partial charge on any atom is -0.487 e. The molecule has 0 amide bonds. The standard InChI is InChI=1S/C27H58O7S2Si2/c1-7-8-9-10-13-27(36)30-14-11-16-37(5,31-20-24(2)18-28)33-22-26(4)23-34-38(6,17-12-15-35)32-21-25(3)19-29/h24-26,28-29,35H,7-23H2,1-6H3/t24?,25?,26?,37?,38-/m0/s1. The van der Waals surface area contributed by atoms with Crippen molar-refractivity contribution in [3.63, 3.8) is 0 Å². The Morgan fingerprint density at radius 2 is 1.21 bits per heavy atom. The maximum Gasteiger partial charge on any atom is 0.335 e. The summed E-state index contributed by atoms with van der Waals surface area (Å²) < 4.78 is 31.1. The Bertz CT molecular complexity index is 594. The van der Waals surface area contributed by atoms with Gasteiger partial charge < -0.3 is 32.7 Å². The van der Waals surface area contributed by atoms with Crippen LogP contribution in [0.15, 0.2) is 0 Å². The van der Waals surface area contributed by atoms with Gasteiger partial charge in [0, 0.05) is 63.8 Å². The third-order valence-electron chi connectivity index (χ3n) is 6.38. The van der Waals surface area contributed by atoms with Crippen LogP contribution in [0.1, 0.15) is 72.6 Å². The smallest absolute Gasteiger partial charge is 0.335 e. The zero-order valence-corrected chi connectivity index (χ0v) is 28.8. The van der Waals surface area contributed by atoms with Crippen molar-refractivity contribution in [3.8, 4) is 0 Å². The fraction of sp³-hybridized carbons (Fsp3) is 0.963. The van der Waals surface area contributed by atoms with Gasteiger partial charge in [0.15, 0.2) is 5.05 Å². The van der Waals surface area contributed by atoms with Crippen LogP contribution in [0, 0.1) is 17.8 Å². The van der Waals surface area contributed by atoms with Crippen molar-refractivity contribution in [2.45, 2.75) is 97.8 Å². The molecule has 5 atom stereocenters. The van der Waals surface area contributed by atoms with E-state index in [4.69, 9.17) is 34.7 Å². The van der Waals surface area contributed by atoms with Crippen molar-refractivity contribution < 1.29 is 32.7 Å². The molecule has 0 aliphatic rings. The lowest BCUT2D eigenvalue weighted by molar-refractivity contribution is 0.0865. The molecule has 0 bridgehead atoms. The molecule has 0 aliphatic heterocycles. The molecule has 0 aromatic heterocycles. The number of hydrogen-bond donors (Lipinski definition) is 3. The molecule has 0 radical (unpaired) electrons. The summed E-state index contributed by atoms with van der Waals surface area (Å²) >= 11 is 9.74. The van der Waals surface area contributed by atoms with Crippen LogP contribution in [0.25, 0.3) is 0 Å². The fourth-order valence-corrected chi connectivity index (χ4v) is 9.13.